The molecule has 0 radical (unpaired) electrons. The first-order valence-corrected chi connectivity index (χ1v) is 10.1. The van der Waals surface area contributed by atoms with Gasteiger partial charge in [-0.25, -0.2) is 0 Å². The molecule has 1 aliphatic heterocycles. The van der Waals surface area contributed by atoms with E-state index in [2.05, 4.69) is 0 Å². The lowest BCUT2D eigenvalue weighted by molar-refractivity contribution is -0.123. The second-order valence-electron chi connectivity index (χ2n) is 6.16. The third-order valence-electron chi connectivity index (χ3n) is 4.30. The van der Waals surface area contributed by atoms with Crippen molar-refractivity contribution in [3.63, 3.8) is 0 Å². The van der Waals surface area contributed by atoms with Crippen molar-refractivity contribution in [1.29, 1.82) is 0 Å². The van der Waals surface area contributed by atoms with E-state index in [9.17, 15) is 14.7 Å². The third kappa shape index (κ3) is 3.72. The minimum absolute atomic E-state index is 0.192. The van der Waals surface area contributed by atoms with E-state index >= 15 is 0 Å². The van der Waals surface area contributed by atoms with Crippen LogP contribution in [0.1, 0.15) is 11.1 Å². The second-order valence-corrected chi connectivity index (χ2v) is 8.32. The maximum Gasteiger partial charge on any atom is 0.293 e. The smallest absolute Gasteiger partial charge is 0.293 e. The summed E-state index contributed by atoms with van der Waals surface area (Å²) < 4.78 is 0.691. The van der Waals surface area contributed by atoms with Gasteiger partial charge in [0.15, 0.2) is 0 Å². The number of halogens is 1. The Kier molecular flexibility index (Phi) is 4.92. The minimum atomic E-state index is -0.291. The van der Waals surface area contributed by atoms with Crippen molar-refractivity contribution in [2.24, 2.45) is 0 Å². The van der Waals surface area contributed by atoms with Crippen LogP contribution >= 0.6 is 34.4 Å². The van der Waals surface area contributed by atoms with Gasteiger partial charge < -0.3 is 5.11 Å². The summed E-state index contributed by atoms with van der Waals surface area (Å²) in [4.78, 5) is 26.7. The van der Waals surface area contributed by atoms with Gasteiger partial charge in [-0.2, -0.15) is 0 Å². The van der Waals surface area contributed by atoms with Gasteiger partial charge in [-0.1, -0.05) is 42.5 Å². The standard InChI is InChI=1S/C21H14INO3S/c22-17-10-13(6-8-18(17)24)11-19-20(25)23(21(26)27-19)12-14-5-7-15-3-1-2-4-16(15)9-14/h1-11,24H,12H2/b19-11-. The van der Waals surface area contributed by atoms with Gasteiger partial charge in [0.05, 0.1) is 15.0 Å². The number of hydrogen-bond acceptors (Lipinski definition) is 4. The summed E-state index contributed by atoms with van der Waals surface area (Å²) in [5.74, 6) is -0.0987. The van der Waals surface area contributed by atoms with E-state index in [1.807, 2.05) is 65.1 Å². The van der Waals surface area contributed by atoms with E-state index in [0.29, 0.717) is 8.48 Å². The predicted molar refractivity (Wildman–Crippen MR) is 116 cm³/mol. The Morgan fingerprint density at radius 2 is 1.78 bits per heavy atom. The first-order valence-electron chi connectivity index (χ1n) is 8.23. The molecular formula is C21H14INO3S. The molecule has 1 saturated heterocycles. The monoisotopic (exact) mass is 487 g/mol. The quantitative estimate of drug-likeness (QED) is 0.398. The van der Waals surface area contributed by atoms with Crippen molar-refractivity contribution in [3.05, 3.63) is 80.3 Å². The number of fused-ring (bicyclic) bond motifs is 1. The van der Waals surface area contributed by atoms with Crippen LogP contribution in [0.25, 0.3) is 16.8 Å². The number of thioether (sulfide) groups is 1. The Morgan fingerprint density at radius 1 is 1.00 bits per heavy atom. The zero-order valence-electron chi connectivity index (χ0n) is 14.1. The molecule has 6 heteroatoms. The van der Waals surface area contributed by atoms with Crippen LogP contribution in [0.15, 0.2) is 65.6 Å². The average Bonchev–Trinajstić information content (AvgIpc) is 2.92. The Labute approximate surface area is 174 Å². The van der Waals surface area contributed by atoms with E-state index in [4.69, 9.17) is 0 Å². The number of hydrogen-bond donors (Lipinski definition) is 1. The zero-order chi connectivity index (χ0) is 19.0. The summed E-state index contributed by atoms with van der Waals surface area (Å²) in [6, 6.07) is 19.0. The van der Waals surface area contributed by atoms with Crippen LogP contribution in [0.3, 0.4) is 0 Å². The molecule has 0 atom stereocenters. The van der Waals surface area contributed by atoms with Crippen molar-refractivity contribution in [3.8, 4) is 5.75 Å². The first-order chi connectivity index (χ1) is 13.0. The zero-order valence-corrected chi connectivity index (χ0v) is 17.0. The van der Waals surface area contributed by atoms with Gasteiger partial charge >= 0.3 is 0 Å². The predicted octanol–water partition coefficient (Wildman–Crippen LogP) is 5.39. The summed E-state index contributed by atoms with van der Waals surface area (Å²) in [7, 11) is 0. The number of rotatable bonds is 3. The number of imide groups is 1. The first kappa shape index (κ1) is 18.1. The molecule has 4 rings (SSSR count). The van der Waals surface area contributed by atoms with Gasteiger partial charge in [0.25, 0.3) is 11.1 Å². The average molecular weight is 487 g/mol. The molecule has 0 unspecified atom stereocenters. The number of carbonyl (C=O) groups excluding carboxylic acids is 2. The van der Waals surface area contributed by atoms with Gasteiger partial charge in [-0.15, -0.1) is 0 Å². The van der Waals surface area contributed by atoms with Crippen LogP contribution in [0.5, 0.6) is 5.75 Å². The molecule has 0 aliphatic carbocycles. The van der Waals surface area contributed by atoms with Gasteiger partial charge in [-0.3, -0.25) is 14.5 Å². The number of aromatic hydroxyl groups is 1. The van der Waals surface area contributed by atoms with Crippen LogP contribution < -0.4 is 0 Å². The number of amides is 2. The van der Waals surface area contributed by atoms with Crippen molar-refractivity contribution in [2.45, 2.75) is 6.54 Å². The van der Waals surface area contributed by atoms with Gasteiger partial charge in [-0.05, 0) is 80.5 Å². The Hall–Kier alpha value is -2.32. The maximum atomic E-state index is 12.7. The molecule has 0 aromatic heterocycles. The molecule has 3 aromatic rings. The van der Waals surface area contributed by atoms with E-state index < -0.39 is 0 Å². The maximum absolute atomic E-state index is 12.7. The van der Waals surface area contributed by atoms with Gasteiger partial charge in [0.1, 0.15) is 5.75 Å². The van der Waals surface area contributed by atoms with Gasteiger partial charge in [0.2, 0.25) is 0 Å². The molecule has 4 nitrogen and oxygen atoms in total. The molecule has 27 heavy (non-hydrogen) atoms. The summed E-state index contributed by atoms with van der Waals surface area (Å²) in [5, 5.41) is 11.5. The Bertz CT molecular complexity index is 1110. The van der Waals surface area contributed by atoms with E-state index in [-0.39, 0.29) is 23.4 Å². The van der Waals surface area contributed by atoms with Crippen molar-refractivity contribution in [1.82, 2.24) is 4.90 Å². The Morgan fingerprint density at radius 3 is 2.56 bits per heavy atom. The highest BCUT2D eigenvalue weighted by Gasteiger charge is 2.35. The lowest BCUT2D eigenvalue weighted by Crippen LogP contribution is -2.27. The highest BCUT2D eigenvalue weighted by molar-refractivity contribution is 14.1. The topological polar surface area (TPSA) is 57.6 Å². The van der Waals surface area contributed by atoms with Crippen molar-refractivity contribution in [2.75, 3.05) is 0 Å². The molecule has 0 spiro atoms. The Balaban J connectivity index is 1.58. The summed E-state index contributed by atoms with van der Waals surface area (Å²) in [6.45, 7) is 0.250. The van der Waals surface area contributed by atoms with Crippen LogP contribution in [0.4, 0.5) is 4.79 Å². The van der Waals surface area contributed by atoms with Crippen molar-refractivity contribution < 1.29 is 14.7 Å². The molecule has 1 aliphatic rings. The van der Waals surface area contributed by atoms with Crippen LogP contribution in [0.2, 0.25) is 0 Å². The van der Waals surface area contributed by atoms with E-state index in [1.54, 1.807) is 24.3 Å². The lowest BCUT2D eigenvalue weighted by atomic mass is 10.1. The number of carbonyl (C=O) groups is 2. The van der Waals surface area contributed by atoms with Crippen LogP contribution in [0, 0.1) is 3.57 Å². The van der Waals surface area contributed by atoms with Crippen molar-refractivity contribution >= 4 is 62.3 Å². The highest BCUT2D eigenvalue weighted by atomic mass is 127. The van der Waals surface area contributed by atoms with Crippen LogP contribution in [-0.4, -0.2) is 21.2 Å². The molecule has 2 amide bonds. The highest BCUT2D eigenvalue weighted by Crippen LogP contribution is 2.34. The molecule has 1 fully saturated rings. The van der Waals surface area contributed by atoms with Gasteiger partial charge in [0, 0.05) is 0 Å². The SMILES string of the molecule is O=C1S/C(=C\c2ccc(O)c(I)c2)C(=O)N1Cc1ccc2ccccc2c1. The molecule has 3 aromatic carbocycles. The molecule has 1 heterocycles. The summed E-state index contributed by atoms with van der Waals surface area (Å²) in [6.07, 6.45) is 1.69. The fourth-order valence-electron chi connectivity index (χ4n) is 2.92. The number of nitrogens with zero attached hydrogens (tertiary/aromatic N) is 1. The largest absolute Gasteiger partial charge is 0.507 e. The molecule has 0 bridgehead atoms. The number of phenolic OH excluding ortho intramolecular Hbond substituents is 1. The molecule has 0 saturated carbocycles. The number of phenols is 1. The molecule has 1 N–H and O–H groups in total. The normalized spacial score (nSPS) is 15.9. The van der Waals surface area contributed by atoms with E-state index in [0.717, 1.165) is 33.7 Å². The van der Waals surface area contributed by atoms with Crippen LogP contribution in [-0.2, 0) is 11.3 Å². The molecular weight excluding hydrogens is 473 g/mol. The lowest BCUT2D eigenvalue weighted by Gasteiger charge is -2.13. The minimum Gasteiger partial charge on any atom is -0.507 e. The summed E-state index contributed by atoms with van der Waals surface area (Å²) in [5.41, 5.74) is 1.69. The third-order valence-corrected chi connectivity index (χ3v) is 6.07. The van der Waals surface area contributed by atoms with E-state index in [1.165, 1.54) is 4.90 Å². The fraction of sp³-hybridized carbons (Fsp3) is 0.0476. The molecule has 134 valence electrons. The second kappa shape index (κ2) is 7.36. The summed E-state index contributed by atoms with van der Waals surface area (Å²) >= 11 is 2.97. The number of benzene rings is 3. The fourth-order valence-corrected chi connectivity index (χ4v) is 4.30.